The molecule has 2 nitrogen and oxygen atoms in total. The quantitative estimate of drug-likeness (QED) is 0.718. The molecule has 0 saturated carbocycles. The Morgan fingerprint density at radius 1 is 1.57 bits per heavy atom. The Hall–Kier alpha value is -1.38. The summed E-state index contributed by atoms with van der Waals surface area (Å²) in [5, 5.41) is 0. The fourth-order valence-corrected chi connectivity index (χ4v) is 1.69. The predicted molar refractivity (Wildman–Crippen MR) is 50.0 cm³/mol. The Morgan fingerprint density at radius 3 is 3.07 bits per heavy atom. The lowest BCUT2D eigenvalue weighted by Gasteiger charge is -2.04. The first-order chi connectivity index (χ1) is 6.68. The first-order valence-electron chi connectivity index (χ1n) is 4.61. The van der Waals surface area contributed by atoms with Crippen molar-refractivity contribution in [2.45, 2.75) is 19.8 Å². The highest BCUT2D eigenvalue weighted by Gasteiger charge is 2.19. The van der Waals surface area contributed by atoms with Crippen LogP contribution in [0.2, 0.25) is 0 Å². The van der Waals surface area contributed by atoms with Crippen molar-refractivity contribution in [3.63, 3.8) is 0 Å². The van der Waals surface area contributed by atoms with Crippen molar-refractivity contribution in [1.29, 1.82) is 0 Å². The van der Waals surface area contributed by atoms with Crippen LogP contribution in [0.3, 0.4) is 0 Å². The van der Waals surface area contributed by atoms with Gasteiger partial charge in [0.1, 0.15) is 17.3 Å². The molecule has 3 heteroatoms. The van der Waals surface area contributed by atoms with Crippen molar-refractivity contribution in [3.05, 3.63) is 29.1 Å². The van der Waals surface area contributed by atoms with Crippen molar-refractivity contribution >= 4 is 5.78 Å². The van der Waals surface area contributed by atoms with Crippen LogP contribution in [0, 0.1) is 5.82 Å². The van der Waals surface area contributed by atoms with Crippen LogP contribution in [0.1, 0.15) is 18.1 Å². The fourth-order valence-electron chi connectivity index (χ4n) is 1.69. The SMILES string of the molecule is CC(=O)Cc1ccc2c(c1F)CCO2. The van der Waals surface area contributed by atoms with Crippen molar-refractivity contribution in [1.82, 2.24) is 0 Å². The Labute approximate surface area is 81.7 Å². The number of ketones is 1. The third-order valence-corrected chi connectivity index (χ3v) is 2.33. The molecule has 0 saturated heterocycles. The van der Waals surface area contributed by atoms with E-state index in [1.54, 1.807) is 12.1 Å². The molecule has 1 aromatic rings. The summed E-state index contributed by atoms with van der Waals surface area (Å²) in [5.41, 5.74) is 1.09. The van der Waals surface area contributed by atoms with E-state index in [1.165, 1.54) is 6.92 Å². The largest absolute Gasteiger partial charge is 0.493 e. The first kappa shape index (κ1) is 9.19. The molecule has 0 bridgehead atoms. The monoisotopic (exact) mass is 194 g/mol. The molecule has 0 atom stereocenters. The van der Waals surface area contributed by atoms with Crippen LogP contribution in [0.5, 0.6) is 5.75 Å². The third-order valence-electron chi connectivity index (χ3n) is 2.33. The van der Waals surface area contributed by atoms with Crippen molar-refractivity contribution in [3.8, 4) is 5.75 Å². The maximum absolute atomic E-state index is 13.7. The van der Waals surface area contributed by atoms with E-state index in [2.05, 4.69) is 0 Å². The van der Waals surface area contributed by atoms with Crippen molar-refractivity contribution < 1.29 is 13.9 Å². The minimum Gasteiger partial charge on any atom is -0.493 e. The lowest BCUT2D eigenvalue weighted by Crippen LogP contribution is -2.01. The average Bonchev–Trinajstić information content (AvgIpc) is 2.57. The van der Waals surface area contributed by atoms with Crippen LogP contribution < -0.4 is 4.74 Å². The highest BCUT2D eigenvalue weighted by Crippen LogP contribution is 2.29. The van der Waals surface area contributed by atoms with E-state index in [0.717, 1.165) is 0 Å². The van der Waals surface area contributed by atoms with E-state index < -0.39 is 0 Å². The van der Waals surface area contributed by atoms with Gasteiger partial charge in [0.05, 0.1) is 6.61 Å². The summed E-state index contributed by atoms with van der Waals surface area (Å²) in [6.45, 7) is 2.00. The highest BCUT2D eigenvalue weighted by atomic mass is 19.1. The molecular weight excluding hydrogens is 183 g/mol. The number of Topliss-reactive ketones (excluding diaryl/α,β-unsaturated/α-hetero) is 1. The fraction of sp³-hybridized carbons (Fsp3) is 0.364. The van der Waals surface area contributed by atoms with Gasteiger partial charge in [-0.3, -0.25) is 4.79 Å². The van der Waals surface area contributed by atoms with Gasteiger partial charge in [-0.15, -0.1) is 0 Å². The summed E-state index contributed by atoms with van der Waals surface area (Å²) in [4.78, 5) is 10.9. The number of hydrogen-bond acceptors (Lipinski definition) is 2. The molecule has 0 fully saturated rings. The maximum atomic E-state index is 13.7. The Bertz CT molecular complexity index is 385. The van der Waals surface area contributed by atoms with Crippen LogP contribution in [0.25, 0.3) is 0 Å². The predicted octanol–water partition coefficient (Wildman–Crippen LogP) is 1.89. The van der Waals surface area contributed by atoms with Gasteiger partial charge in [0.25, 0.3) is 0 Å². The molecule has 1 aromatic carbocycles. The number of carbonyl (C=O) groups excluding carboxylic acids is 1. The second-order valence-electron chi connectivity index (χ2n) is 3.49. The smallest absolute Gasteiger partial charge is 0.134 e. The zero-order chi connectivity index (χ0) is 10.1. The molecule has 0 aromatic heterocycles. The van der Waals surface area contributed by atoms with Crippen molar-refractivity contribution in [2.75, 3.05) is 6.61 Å². The molecule has 1 heterocycles. The molecule has 0 aliphatic carbocycles. The van der Waals surface area contributed by atoms with Crippen LogP contribution in [0.15, 0.2) is 12.1 Å². The van der Waals surface area contributed by atoms with Gasteiger partial charge >= 0.3 is 0 Å². The summed E-state index contributed by atoms with van der Waals surface area (Å²) >= 11 is 0. The first-order valence-corrected chi connectivity index (χ1v) is 4.61. The molecule has 0 unspecified atom stereocenters. The second kappa shape index (κ2) is 3.40. The molecule has 1 aliphatic rings. The van der Waals surface area contributed by atoms with E-state index in [9.17, 15) is 9.18 Å². The number of halogens is 1. The number of benzene rings is 1. The van der Waals surface area contributed by atoms with E-state index in [1.807, 2.05) is 0 Å². The van der Waals surface area contributed by atoms with Crippen LogP contribution in [-0.2, 0) is 17.6 Å². The number of fused-ring (bicyclic) bond motifs is 1. The molecule has 74 valence electrons. The Kier molecular flexibility index (Phi) is 2.23. The molecule has 0 spiro atoms. The lowest BCUT2D eigenvalue weighted by molar-refractivity contribution is -0.116. The Balaban J connectivity index is 2.39. The zero-order valence-electron chi connectivity index (χ0n) is 7.97. The molecule has 2 rings (SSSR count). The number of rotatable bonds is 2. The molecular formula is C11H11FO2. The normalized spacial score (nSPS) is 13.6. The van der Waals surface area contributed by atoms with E-state index >= 15 is 0 Å². The van der Waals surface area contributed by atoms with E-state index in [0.29, 0.717) is 29.9 Å². The van der Waals surface area contributed by atoms with Gasteiger partial charge < -0.3 is 4.74 Å². The summed E-state index contributed by atoms with van der Waals surface area (Å²) in [5.74, 6) is 0.327. The second-order valence-corrected chi connectivity index (χ2v) is 3.49. The zero-order valence-corrected chi connectivity index (χ0v) is 7.97. The third kappa shape index (κ3) is 1.50. The molecule has 0 N–H and O–H groups in total. The molecule has 1 aliphatic heterocycles. The van der Waals surface area contributed by atoms with E-state index in [4.69, 9.17) is 4.74 Å². The minimum atomic E-state index is -0.268. The van der Waals surface area contributed by atoms with E-state index in [-0.39, 0.29) is 18.0 Å². The Morgan fingerprint density at radius 2 is 2.36 bits per heavy atom. The van der Waals surface area contributed by atoms with Gasteiger partial charge in [-0.1, -0.05) is 6.07 Å². The number of hydrogen-bond donors (Lipinski definition) is 0. The van der Waals surface area contributed by atoms with Crippen LogP contribution in [-0.4, -0.2) is 12.4 Å². The summed E-state index contributed by atoms with van der Waals surface area (Å²) in [6, 6.07) is 3.37. The molecule has 0 amide bonds. The maximum Gasteiger partial charge on any atom is 0.134 e. The van der Waals surface area contributed by atoms with Gasteiger partial charge in [0.2, 0.25) is 0 Å². The molecule has 14 heavy (non-hydrogen) atoms. The van der Waals surface area contributed by atoms with Crippen molar-refractivity contribution in [2.24, 2.45) is 0 Å². The topological polar surface area (TPSA) is 26.3 Å². The molecule has 0 radical (unpaired) electrons. The summed E-state index contributed by atoms with van der Waals surface area (Å²) < 4.78 is 18.9. The lowest BCUT2D eigenvalue weighted by atomic mass is 10.0. The van der Waals surface area contributed by atoms with Crippen LogP contribution >= 0.6 is 0 Å². The summed E-state index contributed by atoms with van der Waals surface area (Å²) in [6.07, 6.45) is 0.770. The highest BCUT2D eigenvalue weighted by molar-refractivity contribution is 5.78. The summed E-state index contributed by atoms with van der Waals surface area (Å²) in [7, 11) is 0. The van der Waals surface area contributed by atoms with Gasteiger partial charge in [-0.25, -0.2) is 4.39 Å². The van der Waals surface area contributed by atoms with Gasteiger partial charge in [-0.05, 0) is 18.6 Å². The number of ether oxygens (including phenoxy) is 1. The minimum absolute atomic E-state index is 0.0252. The van der Waals surface area contributed by atoms with Crippen LogP contribution in [0.4, 0.5) is 4.39 Å². The number of carbonyl (C=O) groups is 1. The van der Waals surface area contributed by atoms with Gasteiger partial charge in [0, 0.05) is 18.4 Å². The average molecular weight is 194 g/mol. The van der Waals surface area contributed by atoms with Gasteiger partial charge in [-0.2, -0.15) is 0 Å². The van der Waals surface area contributed by atoms with Gasteiger partial charge in [0.15, 0.2) is 0 Å². The standard InChI is InChI=1S/C11H11FO2/c1-7(13)6-8-2-3-10-9(11(8)12)4-5-14-10/h2-3H,4-6H2,1H3.